The molecular formula is C31H44BrN5O. The molecule has 0 bridgehead atoms. The predicted octanol–water partition coefficient (Wildman–Crippen LogP) is 7.76. The number of piperidine rings is 1. The number of hydrogen-bond acceptors (Lipinski definition) is 6. The number of aryl methyl sites for hydroxylation is 1. The van der Waals surface area contributed by atoms with Gasteiger partial charge in [0.2, 0.25) is 0 Å². The summed E-state index contributed by atoms with van der Waals surface area (Å²) >= 11 is 3.58. The summed E-state index contributed by atoms with van der Waals surface area (Å²) in [5.74, 6) is 2.44. The molecule has 2 heterocycles. The number of likely N-dealkylation sites (tertiary alicyclic amines) is 1. The van der Waals surface area contributed by atoms with Gasteiger partial charge in [0.15, 0.2) is 0 Å². The molecule has 206 valence electrons. The van der Waals surface area contributed by atoms with Gasteiger partial charge in [-0.1, -0.05) is 53.7 Å². The lowest BCUT2D eigenvalue weighted by molar-refractivity contribution is 0.224. The van der Waals surface area contributed by atoms with Crippen molar-refractivity contribution < 1.29 is 4.74 Å². The van der Waals surface area contributed by atoms with Crippen LogP contribution in [0.3, 0.4) is 0 Å². The third-order valence-electron chi connectivity index (χ3n) is 7.64. The van der Waals surface area contributed by atoms with Crippen molar-refractivity contribution in [2.75, 3.05) is 50.6 Å². The van der Waals surface area contributed by atoms with E-state index in [2.05, 4.69) is 75.3 Å². The van der Waals surface area contributed by atoms with Crippen molar-refractivity contribution >= 4 is 38.3 Å². The van der Waals surface area contributed by atoms with Gasteiger partial charge in [0, 0.05) is 23.5 Å². The second-order valence-corrected chi connectivity index (χ2v) is 11.6. The number of ether oxygens (including phenoxy) is 1. The van der Waals surface area contributed by atoms with Crippen LogP contribution in [0.1, 0.15) is 75.7 Å². The Labute approximate surface area is 237 Å². The summed E-state index contributed by atoms with van der Waals surface area (Å²) < 4.78 is 6.92. The molecule has 1 aliphatic heterocycles. The van der Waals surface area contributed by atoms with Crippen molar-refractivity contribution in [1.29, 1.82) is 0 Å². The number of aromatic nitrogens is 2. The van der Waals surface area contributed by atoms with Crippen LogP contribution >= 0.6 is 15.9 Å². The Morgan fingerprint density at radius 2 is 1.79 bits per heavy atom. The Bertz CT molecular complexity index is 1180. The topological polar surface area (TPSA) is 53.5 Å². The number of halogens is 1. The van der Waals surface area contributed by atoms with E-state index in [1.54, 1.807) is 7.11 Å². The number of unbranched alkanes of at least 4 members (excludes halogenated alkanes) is 4. The summed E-state index contributed by atoms with van der Waals surface area (Å²) in [6.45, 7) is 9.01. The SMILES string of the molecule is COc1cc2c(N[C@H](C)c3cccc(Br)c3)nc(C)nc2cc1N(C)CCCCCCCN1CCCCC1. The van der Waals surface area contributed by atoms with E-state index in [9.17, 15) is 0 Å². The highest BCUT2D eigenvalue weighted by atomic mass is 79.9. The van der Waals surface area contributed by atoms with Gasteiger partial charge in [-0.2, -0.15) is 0 Å². The number of nitrogens with one attached hydrogen (secondary N) is 1. The molecule has 2 aromatic carbocycles. The molecule has 0 aliphatic carbocycles. The normalized spacial score (nSPS) is 15.0. The predicted molar refractivity (Wildman–Crippen MR) is 164 cm³/mol. The van der Waals surface area contributed by atoms with Crippen LogP contribution in [0.4, 0.5) is 11.5 Å². The molecule has 1 aromatic heterocycles. The summed E-state index contributed by atoms with van der Waals surface area (Å²) in [7, 11) is 3.90. The van der Waals surface area contributed by atoms with E-state index < -0.39 is 0 Å². The fourth-order valence-electron chi connectivity index (χ4n) is 5.42. The van der Waals surface area contributed by atoms with E-state index in [-0.39, 0.29) is 6.04 Å². The van der Waals surface area contributed by atoms with Crippen molar-refractivity contribution in [1.82, 2.24) is 14.9 Å². The minimum atomic E-state index is 0.0956. The second-order valence-electron chi connectivity index (χ2n) is 10.7. The van der Waals surface area contributed by atoms with Gasteiger partial charge >= 0.3 is 0 Å². The zero-order valence-corrected chi connectivity index (χ0v) is 25.2. The van der Waals surface area contributed by atoms with E-state index >= 15 is 0 Å². The molecule has 0 amide bonds. The summed E-state index contributed by atoms with van der Waals surface area (Å²) in [5, 5.41) is 4.58. The van der Waals surface area contributed by atoms with Crippen LogP contribution in [0.25, 0.3) is 10.9 Å². The minimum Gasteiger partial charge on any atom is -0.495 e. The molecular weight excluding hydrogens is 538 g/mol. The van der Waals surface area contributed by atoms with E-state index in [0.29, 0.717) is 0 Å². The third kappa shape index (κ3) is 7.82. The molecule has 38 heavy (non-hydrogen) atoms. The summed E-state index contributed by atoms with van der Waals surface area (Å²) in [5.41, 5.74) is 3.20. The highest BCUT2D eigenvalue weighted by Crippen LogP contribution is 2.35. The van der Waals surface area contributed by atoms with E-state index in [1.807, 2.05) is 13.0 Å². The first-order valence-corrected chi connectivity index (χ1v) is 15.1. The smallest absolute Gasteiger partial charge is 0.143 e. The van der Waals surface area contributed by atoms with Crippen LogP contribution in [-0.4, -0.2) is 55.2 Å². The number of anilines is 2. The first-order valence-electron chi connectivity index (χ1n) is 14.3. The van der Waals surface area contributed by atoms with Crippen LogP contribution in [-0.2, 0) is 0 Å². The molecule has 0 unspecified atom stereocenters. The largest absolute Gasteiger partial charge is 0.495 e. The summed E-state index contributed by atoms with van der Waals surface area (Å²) in [6.07, 6.45) is 10.6. The second kappa shape index (κ2) is 14.1. The van der Waals surface area contributed by atoms with Crippen molar-refractivity contribution in [3.05, 3.63) is 52.3 Å². The monoisotopic (exact) mass is 581 g/mol. The standard InChI is InChI=1S/C31H44BrN5O/c1-23(25-14-13-15-26(32)20-25)33-31-27-21-30(38-4)29(22-28(27)34-24(2)35-31)36(3)16-9-6-5-7-10-17-37-18-11-8-12-19-37/h13-15,20-23H,5-12,16-19H2,1-4H3,(H,33,34,35)/t23-/m1/s1. The Morgan fingerprint density at radius 1 is 1.03 bits per heavy atom. The lowest BCUT2D eigenvalue weighted by atomic mass is 10.1. The molecule has 7 heteroatoms. The quantitative estimate of drug-likeness (QED) is 0.208. The molecule has 1 fully saturated rings. The maximum atomic E-state index is 5.85. The third-order valence-corrected chi connectivity index (χ3v) is 8.13. The van der Waals surface area contributed by atoms with Gasteiger partial charge in [0.1, 0.15) is 17.4 Å². The van der Waals surface area contributed by atoms with Crippen molar-refractivity contribution in [2.24, 2.45) is 0 Å². The van der Waals surface area contributed by atoms with Crippen molar-refractivity contribution in [3.8, 4) is 5.75 Å². The highest BCUT2D eigenvalue weighted by Gasteiger charge is 2.16. The highest BCUT2D eigenvalue weighted by molar-refractivity contribution is 9.10. The number of methoxy groups -OCH3 is 1. The average Bonchev–Trinajstić information content (AvgIpc) is 2.92. The van der Waals surface area contributed by atoms with Gasteiger partial charge in [-0.3, -0.25) is 0 Å². The molecule has 4 rings (SSSR count). The Hall–Kier alpha value is -2.38. The van der Waals surface area contributed by atoms with Gasteiger partial charge in [-0.05, 0) is 89.0 Å². The molecule has 0 radical (unpaired) electrons. The Balaban J connectivity index is 1.36. The number of nitrogens with zero attached hydrogens (tertiary/aromatic N) is 4. The molecule has 1 aliphatic rings. The number of hydrogen-bond donors (Lipinski definition) is 1. The summed E-state index contributed by atoms with van der Waals surface area (Å²) in [4.78, 5) is 14.5. The number of fused-ring (bicyclic) bond motifs is 1. The fourth-order valence-corrected chi connectivity index (χ4v) is 5.83. The van der Waals surface area contributed by atoms with Crippen LogP contribution < -0.4 is 15.0 Å². The maximum Gasteiger partial charge on any atom is 0.143 e. The van der Waals surface area contributed by atoms with E-state index in [1.165, 1.54) is 76.6 Å². The lowest BCUT2D eigenvalue weighted by Crippen LogP contribution is -2.30. The fraction of sp³-hybridized carbons (Fsp3) is 0.548. The molecule has 6 nitrogen and oxygen atoms in total. The molecule has 1 atom stereocenters. The van der Waals surface area contributed by atoms with Crippen LogP contribution in [0.15, 0.2) is 40.9 Å². The number of benzene rings is 2. The first kappa shape index (κ1) is 28.6. The van der Waals surface area contributed by atoms with Gasteiger partial charge in [-0.25, -0.2) is 9.97 Å². The zero-order valence-electron chi connectivity index (χ0n) is 23.6. The average molecular weight is 583 g/mol. The van der Waals surface area contributed by atoms with E-state index in [4.69, 9.17) is 14.7 Å². The maximum absolute atomic E-state index is 5.85. The molecule has 1 N–H and O–H groups in total. The molecule has 0 saturated carbocycles. The molecule has 0 spiro atoms. The van der Waals surface area contributed by atoms with Crippen molar-refractivity contribution in [2.45, 2.75) is 71.3 Å². The zero-order chi connectivity index (χ0) is 26.9. The lowest BCUT2D eigenvalue weighted by Gasteiger charge is -2.26. The van der Waals surface area contributed by atoms with Gasteiger partial charge in [-0.15, -0.1) is 0 Å². The van der Waals surface area contributed by atoms with Gasteiger partial charge in [0.25, 0.3) is 0 Å². The van der Waals surface area contributed by atoms with E-state index in [0.717, 1.165) is 45.0 Å². The Kier molecular flexibility index (Phi) is 10.6. The number of rotatable bonds is 13. The Morgan fingerprint density at radius 3 is 2.55 bits per heavy atom. The minimum absolute atomic E-state index is 0.0956. The molecule has 1 saturated heterocycles. The first-order chi connectivity index (χ1) is 18.4. The summed E-state index contributed by atoms with van der Waals surface area (Å²) in [6, 6.07) is 12.7. The molecule has 3 aromatic rings. The van der Waals surface area contributed by atoms with Gasteiger partial charge < -0.3 is 19.9 Å². The van der Waals surface area contributed by atoms with Crippen LogP contribution in [0, 0.1) is 6.92 Å². The van der Waals surface area contributed by atoms with Crippen LogP contribution in [0.2, 0.25) is 0 Å². The van der Waals surface area contributed by atoms with Crippen molar-refractivity contribution in [3.63, 3.8) is 0 Å². The van der Waals surface area contributed by atoms with Crippen LogP contribution in [0.5, 0.6) is 5.75 Å². The van der Waals surface area contributed by atoms with Gasteiger partial charge in [0.05, 0.1) is 24.4 Å².